The summed E-state index contributed by atoms with van der Waals surface area (Å²) in [5, 5.41) is 11.4. The van der Waals surface area contributed by atoms with E-state index < -0.39 is 35.6 Å². The zero-order valence-electron chi connectivity index (χ0n) is 16.6. The van der Waals surface area contributed by atoms with Crippen LogP contribution in [0.5, 0.6) is 11.5 Å². The number of rotatable bonds is 6. The van der Waals surface area contributed by atoms with Gasteiger partial charge in [-0.1, -0.05) is 11.3 Å². The third-order valence-corrected chi connectivity index (χ3v) is 4.90. The fourth-order valence-electron chi connectivity index (χ4n) is 3.49. The number of benzene rings is 2. The van der Waals surface area contributed by atoms with Crippen molar-refractivity contribution in [1.82, 2.24) is 5.01 Å². The fourth-order valence-corrected chi connectivity index (χ4v) is 3.49. The average Bonchev–Trinajstić information content (AvgIpc) is 3.27. The maximum Gasteiger partial charge on any atom is 0.263 e. The predicted octanol–water partition coefficient (Wildman–Crippen LogP) is 1.77. The van der Waals surface area contributed by atoms with Crippen molar-refractivity contribution in [3.8, 4) is 11.5 Å². The van der Waals surface area contributed by atoms with Crippen molar-refractivity contribution in [3.05, 3.63) is 48.3 Å². The molecule has 31 heavy (non-hydrogen) atoms. The number of imide groups is 1. The van der Waals surface area contributed by atoms with Gasteiger partial charge in [-0.2, -0.15) is 5.11 Å². The lowest BCUT2D eigenvalue weighted by molar-refractivity contribution is -0.123. The number of nitrogens with zero attached hydrogens (tertiary/aromatic N) is 4. The van der Waals surface area contributed by atoms with Gasteiger partial charge in [0, 0.05) is 11.8 Å². The van der Waals surface area contributed by atoms with E-state index in [0.29, 0.717) is 17.2 Å². The predicted molar refractivity (Wildman–Crippen MR) is 106 cm³/mol. The Bertz CT molecular complexity index is 1090. The Hall–Kier alpha value is -4.02. The van der Waals surface area contributed by atoms with Crippen molar-refractivity contribution in [2.24, 2.45) is 10.3 Å². The monoisotopic (exact) mass is 427 g/mol. The number of hydrogen-bond acceptors (Lipinski definition) is 8. The zero-order chi connectivity index (χ0) is 22.1. The summed E-state index contributed by atoms with van der Waals surface area (Å²) in [6, 6.07) is 7.94. The lowest BCUT2D eigenvalue weighted by Crippen LogP contribution is -2.43. The van der Waals surface area contributed by atoms with E-state index in [1.807, 2.05) is 0 Å². The number of fused-ring (bicyclic) bond motifs is 1. The number of hydrogen-bond donors (Lipinski definition) is 1. The minimum atomic E-state index is -1.05. The number of anilines is 2. The first-order valence-corrected chi connectivity index (χ1v) is 9.25. The van der Waals surface area contributed by atoms with Crippen LogP contribution in [-0.4, -0.2) is 55.6 Å². The summed E-state index contributed by atoms with van der Waals surface area (Å²) in [6.07, 6.45) is 0. The fraction of sp³-hybridized carbons (Fsp3) is 0.250. The van der Waals surface area contributed by atoms with Gasteiger partial charge in [0.15, 0.2) is 23.6 Å². The lowest BCUT2D eigenvalue weighted by atomic mass is 10.1. The Balaban J connectivity index is 1.51. The average molecular weight is 427 g/mol. The van der Waals surface area contributed by atoms with E-state index in [4.69, 9.17) is 9.47 Å². The van der Waals surface area contributed by atoms with Crippen molar-refractivity contribution in [3.63, 3.8) is 0 Å². The van der Waals surface area contributed by atoms with Crippen LogP contribution < -0.4 is 19.7 Å². The molecule has 1 fully saturated rings. The lowest BCUT2D eigenvalue weighted by Gasteiger charge is -2.20. The van der Waals surface area contributed by atoms with E-state index in [2.05, 4.69) is 15.7 Å². The summed E-state index contributed by atoms with van der Waals surface area (Å²) in [4.78, 5) is 39.2. The highest BCUT2D eigenvalue weighted by atomic mass is 19.1. The van der Waals surface area contributed by atoms with Crippen molar-refractivity contribution in [2.75, 3.05) is 31.0 Å². The molecule has 2 aliphatic rings. The van der Waals surface area contributed by atoms with Gasteiger partial charge in [0.05, 0.1) is 19.9 Å². The van der Waals surface area contributed by atoms with Gasteiger partial charge in [-0.05, 0) is 30.3 Å². The molecule has 3 amide bonds. The molecule has 0 spiro atoms. The van der Waals surface area contributed by atoms with Crippen LogP contribution in [0.2, 0.25) is 0 Å². The molecule has 2 aromatic carbocycles. The van der Waals surface area contributed by atoms with E-state index in [0.717, 1.165) is 16.0 Å². The van der Waals surface area contributed by atoms with Gasteiger partial charge in [-0.3, -0.25) is 19.4 Å². The Morgan fingerprint density at radius 1 is 1.10 bits per heavy atom. The standard InChI is InChI=1S/C20H18FN5O5/c1-30-14-7-6-13(9-15(14)31-2)26-19(28)17-18(20(26)29)25(24-23-17)10-16(27)22-12-5-3-4-11(21)8-12/h3-9,17-18H,10H2,1-2H3,(H,22,27). The Morgan fingerprint density at radius 2 is 1.87 bits per heavy atom. The smallest absolute Gasteiger partial charge is 0.263 e. The first-order valence-electron chi connectivity index (χ1n) is 9.25. The molecule has 11 heteroatoms. The molecular formula is C20H18FN5O5. The molecule has 2 atom stereocenters. The van der Waals surface area contributed by atoms with Crippen LogP contribution >= 0.6 is 0 Å². The molecule has 1 N–H and O–H groups in total. The summed E-state index contributed by atoms with van der Waals surface area (Å²) in [7, 11) is 2.92. The number of ether oxygens (including phenoxy) is 2. The number of carbonyl (C=O) groups excluding carboxylic acids is 3. The highest BCUT2D eigenvalue weighted by Gasteiger charge is 2.55. The van der Waals surface area contributed by atoms with E-state index in [1.165, 1.54) is 38.5 Å². The number of amides is 3. The van der Waals surface area contributed by atoms with Crippen LogP contribution in [0.15, 0.2) is 52.8 Å². The van der Waals surface area contributed by atoms with E-state index >= 15 is 0 Å². The van der Waals surface area contributed by atoms with Crippen LogP contribution in [-0.2, 0) is 14.4 Å². The Kier molecular flexibility index (Phi) is 5.24. The third kappa shape index (κ3) is 3.65. The van der Waals surface area contributed by atoms with E-state index in [9.17, 15) is 18.8 Å². The summed E-state index contributed by atoms with van der Waals surface area (Å²) < 4.78 is 23.7. The van der Waals surface area contributed by atoms with Gasteiger partial charge in [0.1, 0.15) is 12.4 Å². The van der Waals surface area contributed by atoms with Gasteiger partial charge >= 0.3 is 0 Å². The van der Waals surface area contributed by atoms with Crippen LogP contribution in [0.25, 0.3) is 0 Å². The largest absolute Gasteiger partial charge is 0.493 e. The molecule has 2 unspecified atom stereocenters. The molecular weight excluding hydrogens is 409 g/mol. The van der Waals surface area contributed by atoms with Crippen LogP contribution in [0, 0.1) is 5.82 Å². The Morgan fingerprint density at radius 3 is 2.58 bits per heavy atom. The molecule has 4 rings (SSSR count). The number of methoxy groups -OCH3 is 2. The summed E-state index contributed by atoms with van der Waals surface area (Å²) in [5.74, 6) is -1.35. The maximum absolute atomic E-state index is 13.3. The first-order chi connectivity index (χ1) is 14.9. The highest BCUT2D eigenvalue weighted by molar-refractivity contribution is 6.25. The summed E-state index contributed by atoms with van der Waals surface area (Å²) in [5.41, 5.74) is 0.555. The topological polar surface area (TPSA) is 113 Å². The van der Waals surface area contributed by atoms with Gasteiger partial charge in [0.25, 0.3) is 11.8 Å². The molecule has 2 heterocycles. The second kappa shape index (κ2) is 8.01. The Labute approximate surface area is 176 Å². The second-order valence-corrected chi connectivity index (χ2v) is 6.80. The minimum Gasteiger partial charge on any atom is -0.493 e. The highest BCUT2D eigenvalue weighted by Crippen LogP contribution is 2.36. The molecule has 0 radical (unpaired) electrons. The quantitative estimate of drug-likeness (QED) is 0.703. The third-order valence-electron chi connectivity index (χ3n) is 4.90. The minimum absolute atomic E-state index is 0.262. The van der Waals surface area contributed by atoms with Crippen molar-refractivity contribution in [2.45, 2.75) is 12.1 Å². The normalized spacial score (nSPS) is 19.6. The first kappa shape index (κ1) is 20.3. The van der Waals surface area contributed by atoms with Crippen LogP contribution in [0.4, 0.5) is 15.8 Å². The molecule has 1 saturated heterocycles. The number of carbonyl (C=O) groups is 3. The van der Waals surface area contributed by atoms with E-state index in [-0.39, 0.29) is 12.2 Å². The van der Waals surface area contributed by atoms with Crippen LogP contribution in [0.3, 0.4) is 0 Å². The van der Waals surface area contributed by atoms with Gasteiger partial charge in [-0.25, -0.2) is 9.29 Å². The van der Waals surface area contributed by atoms with E-state index in [1.54, 1.807) is 12.1 Å². The molecule has 0 aliphatic carbocycles. The molecule has 10 nitrogen and oxygen atoms in total. The SMILES string of the molecule is COc1ccc(N2C(=O)C3N=NN(CC(=O)Nc4cccc(F)c4)C3C2=O)cc1OC. The van der Waals surface area contributed by atoms with Gasteiger partial charge in [0.2, 0.25) is 5.91 Å². The van der Waals surface area contributed by atoms with Gasteiger partial charge < -0.3 is 14.8 Å². The molecule has 160 valence electrons. The van der Waals surface area contributed by atoms with Gasteiger partial charge in [-0.15, -0.1) is 0 Å². The zero-order valence-corrected chi connectivity index (χ0v) is 16.6. The molecule has 0 bridgehead atoms. The molecule has 2 aromatic rings. The summed E-state index contributed by atoms with van der Waals surface area (Å²) in [6.45, 7) is -0.333. The number of halogens is 1. The number of nitrogens with one attached hydrogen (secondary N) is 1. The summed E-state index contributed by atoms with van der Waals surface area (Å²) >= 11 is 0. The second-order valence-electron chi connectivity index (χ2n) is 6.80. The maximum atomic E-state index is 13.3. The van der Waals surface area contributed by atoms with Crippen LogP contribution in [0.1, 0.15) is 0 Å². The molecule has 2 aliphatic heterocycles. The van der Waals surface area contributed by atoms with Crippen molar-refractivity contribution in [1.29, 1.82) is 0 Å². The van der Waals surface area contributed by atoms with Crippen molar-refractivity contribution >= 4 is 29.1 Å². The molecule has 0 aromatic heterocycles. The van der Waals surface area contributed by atoms with Crippen molar-refractivity contribution < 1.29 is 28.2 Å². The molecule has 0 saturated carbocycles.